The van der Waals surface area contributed by atoms with Crippen LogP contribution < -0.4 is 0 Å². The van der Waals surface area contributed by atoms with Gasteiger partial charge in [-0.2, -0.15) is 0 Å². The largest absolute Gasteiger partial charge is 0.393 e. The van der Waals surface area contributed by atoms with Gasteiger partial charge in [0.15, 0.2) is 0 Å². The Kier molecular flexibility index (Phi) is 4.08. The number of piperidine rings is 1. The van der Waals surface area contributed by atoms with Crippen LogP contribution >= 0.6 is 0 Å². The average Bonchev–Trinajstić information content (AvgIpc) is 3.06. The van der Waals surface area contributed by atoms with Gasteiger partial charge in [-0.25, -0.2) is 4.98 Å². The van der Waals surface area contributed by atoms with E-state index < -0.39 is 0 Å². The SMILES string of the molecule is Cc1cc(-c2cccc(CN3CCC(O)CC3)c2)cn2ccnc12. The molecule has 0 radical (unpaired) electrons. The molecule has 0 atom stereocenters. The lowest BCUT2D eigenvalue weighted by Gasteiger charge is -2.29. The van der Waals surface area contributed by atoms with Crippen molar-refractivity contribution in [2.24, 2.45) is 0 Å². The van der Waals surface area contributed by atoms with Crippen LogP contribution in [0.2, 0.25) is 0 Å². The summed E-state index contributed by atoms with van der Waals surface area (Å²) in [5.41, 5.74) is 5.99. The van der Waals surface area contributed by atoms with Crippen molar-refractivity contribution >= 4 is 5.65 Å². The van der Waals surface area contributed by atoms with E-state index in [4.69, 9.17) is 0 Å². The van der Waals surface area contributed by atoms with Crippen molar-refractivity contribution in [1.82, 2.24) is 14.3 Å². The van der Waals surface area contributed by atoms with Crippen LogP contribution in [0.4, 0.5) is 0 Å². The highest BCUT2D eigenvalue weighted by Crippen LogP contribution is 2.24. The Morgan fingerprint density at radius 3 is 2.83 bits per heavy atom. The third-order valence-corrected chi connectivity index (χ3v) is 4.90. The standard InChI is InChI=1S/C20H23N3O/c1-15-11-18(14-23-10-7-21-20(15)23)17-4-2-3-16(12-17)13-22-8-5-19(24)6-9-22/h2-4,7,10-12,14,19,24H,5-6,8-9,13H2,1H3. The molecule has 3 aromatic rings. The average molecular weight is 321 g/mol. The highest BCUT2D eigenvalue weighted by Gasteiger charge is 2.17. The molecule has 1 aromatic carbocycles. The zero-order valence-corrected chi connectivity index (χ0v) is 14.0. The summed E-state index contributed by atoms with van der Waals surface area (Å²) in [4.78, 5) is 6.82. The number of imidazole rings is 1. The Morgan fingerprint density at radius 2 is 2.00 bits per heavy atom. The number of aromatic nitrogens is 2. The van der Waals surface area contributed by atoms with Gasteiger partial charge in [-0.15, -0.1) is 0 Å². The van der Waals surface area contributed by atoms with Gasteiger partial charge in [-0.1, -0.05) is 18.2 Å². The van der Waals surface area contributed by atoms with Crippen LogP contribution in [-0.2, 0) is 6.54 Å². The van der Waals surface area contributed by atoms with Crippen LogP contribution in [0.25, 0.3) is 16.8 Å². The second kappa shape index (κ2) is 6.38. The van der Waals surface area contributed by atoms with E-state index in [0.717, 1.165) is 38.1 Å². The zero-order chi connectivity index (χ0) is 16.5. The van der Waals surface area contributed by atoms with Crippen molar-refractivity contribution in [3.05, 3.63) is 60.0 Å². The van der Waals surface area contributed by atoms with Gasteiger partial charge in [0.05, 0.1) is 6.10 Å². The molecule has 0 spiro atoms. The van der Waals surface area contributed by atoms with Crippen molar-refractivity contribution in [3.8, 4) is 11.1 Å². The molecule has 1 aliphatic rings. The molecule has 0 saturated carbocycles. The van der Waals surface area contributed by atoms with Gasteiger partial charge in [0.1, 0.15) is 5.65 Å². The number of hydrogen-bond donors (Lipinski definition) is 1. The molecular weight excluding hydrogens is 298 g/mol. The van der Waals surface area contributed by atoms with Gasteiger partial charge in [-0.05, 0) is 54.2 Å². The van der Waals surface area contributed by atoms with E-state index in [1.807, 2.05) is 12.4 Å². The second-order valence-electron chi connectivity index (χ2n) is 6.78. The molecule has 1 aliphatic heterocycles. The summed E-state index contributed by atoms with van der Waals surface area (Å²) in [5.74, 6) is 0. The number of hydrogen-bond acceptors (Lipinski definition) is 3. The predicted molar refractivity (Wildman–Crippen MR) is 95.9 cm³/mol. The number of likely N-dealkylation sites (tertiary alicyclic amines) is 1. The van der Waals surface area contributed by atoms with E-state index in [1.165, 1.54) is 22.3 Å². The van der Waals surface area contributed by atoms with Crippen LogP contribution in [0.1, 0.15) is 24.0 Å². The Morgan fingerprint density at radius 1 is 1.17 bits per heavy atom. The predicted octanol–water partition coefficient (Wildman–Crippen LogP) is 3.27. The number of benzene rings is 1. The first-order chi connectivity index (χ1) is 11.7. The molecular formula is C20H23N3O. The van der Waals surface area contributed by atoms with Gasteiger partial charge in [0.25, 0.3) is 0 Å². The van der Waals surface area contributed by atoms with Crippen LogP contribution in [0.3, 0.4) is 0 Å². The summed E-state index contributed by atoms with van der Waals surface area (Å²) in [6.07, 6.45) is 7.64. The summed E-state index contributed by atoms with van der Waals surface area (Å²) in [6.45, 7) is 5.01. The molecule has 0 unspecified atom stereocenters. The fraction of sp³-hybridized carbons (Fsp3) is 0.350. The van der Waals surface area contributed by atoms with Gasteiger partial charge < -0.3 is 9.51 Å². The van der Waals surface area contributed by atoms with Gasteiger partial charge in [0, 0.05) is 38.2 Å². The summed E-state index contributed by atoms with van der Waals surface area (Å²) in [7, 11) is 0. The Balaban J connectivity index is 1.59. The van der Waals surface area contributed by atoms with Gasteiger partial charge in [-0.3, -0.25) is 4.90 Å². The van der Waals surface area contributed by atoms with Crippen molar-refractivity contribution in [2.75, 3.05) is 13.1 Å². The molecule has 4 nitrogen and oxygen atoms in total. The number of rotatable bonds is 3. The highest BCUT2D eigenvalue weighted by atomic mass is 16.3. The lowest BCUT2D eigenvalue weighted by Crippen LogP contribution is -2.35. The van der Waals surface area contributed by atoms with Crippen molar-refractivity contribution in [2.45, 2.75) is 32.4 Å². The number of aliphatic hydroxyl groups excluding tert-OH is 1. The quantitative estimate of drug-likeness (QED) is 0.805. The molecule has 24 heavy (non-hydrogen) atoms. The minimum absolute atomic E-state index is 0.113. The molecule has 0 bridgehead atoms. The third kappa shape index (κ3) is 3.07. The number of pyridine rings is 1. The molecule has 4 rings (SSSR count). The van der Waals surface area contributed by atoms with Crippen molar-refractivity contribution in [3.63, 3.8) is 0 Å². The van der Waals surface area contributed by atoms with Crippen LogP contribution in [0, 0.1) is 6.92 Å². The smallest absolute Gasteiger partial charge is 0.139 e. The molecule has 1 N–H and O–H groups in total. The zero-order valence-electron chi connectivity index (χ0n) is 14.0. The van der Waals surface area contributed by atoms with Crippen LogP contribution in [-0.4, -0.2) is 38.6 Å². The lowest BCUT2D eigenvalue weighted by atomic mass is 10.0. The van der Waals surface area contributed by atoms with Gasteiger partial charge >= 0.3 is 0 Å². The molecule has 1 fully saturated rings. The number of aliphatic hydroxyl groups is 1. The maximum Gasteiger partial charge on any atom is 0.139 e. The summed E-state index contributed by atoms with van der Waals surface area (Å²) in [5, 5.41) is 9.65. The summed E-state index contributed by atoms with van der Waals surface area (Å²) < 4.78 is 2.09. The monoisotopic (exact) mass is 321 g/mol. The Hall–Kier alpha value is -2.17. The minimum atomic E-state index is -0.113. The van der Waals surface area contributed by atoms with E-state index in [2.05, 4.69) is 57.7 Å². The number of fused-ring (bicyclic) bond motifs is 1. The first kappa shape index (κ1) is 15.4. The minimum Gasteiger partial charge on any atom is -0.393 e. The first-order valence-electron chi connectivity index (χ1n) is 8.62. The first-order valence-corrected chi connectivity index (χ1v) is 8.62. The molecule has 3 heterocycles. The van der Waals surface area contributed by atoms with E-state index in [1.54, 1.807) is 0 Å². The maximum absolute atomic E-state index is 9.65. The maximum atomic E-state index is 9.65. The molecule has 2 aromatic heterocycles. The van der Waals surface area contributed by atoms with Gasteiger partial charge in [0.2, 0.25) is 0 Å². The fourth-order valence-corrected chi connectivity index (χ4v) is 3.55. The molecule has 1 saturated heterocycles. The molecule has 0 aliphatic carbocycles. The third-order valence-electron chi connectivity index (χ3n) is 4.90. The van der Waals surface area contributed by atoms with E-state index in [9.17, 15) is 5.11 Å². The van der Waals surface area contributed by atoms with Crippen LogP contribution in [0.15, 0.2) is 48.9 Å². The topological polar surface area (TPSA) is 40.8 Å². The molecule has 0 amide bonds. The Labute approximate surface area is 142 Å². The van der Waals surface area contributed by atoms with E-state index in [0.29, 0.717) is 0 Å². The normalized spacial score (nSPS) is 16.8. The molecule has 4 heteroatoms. The van der Waals surface area contributed by atoms with Crippen molar-refractivity contribution in [1.29, 1.82) is 0 Å². The Bertz CT molecular complexity index is 847. The number of nitrogens with zero attached hydrogens (tertiary/aromatic N) is 3. The summed E-state index contributed by atoms with van der Waals surface area (Å²) in [6, 6.07) is 11.0. The van der Waals surface area contributed by atoms with E-state index >= 15 is 0 Å². The van der Waals surface area contributed by atoms with Crippen LogP contribution in [0.5, 0.6) is 0 Å². The van der Waals surface area contributed by atoms with Crippen molar-refractivity contribution < 1.29 is 5.11 Å². The highest BCUT2D eigenvalue weighted by molar-refractivity contribution is 5.67. The number of aryl methyl sites for hydroxylation is 1. The fourth-order valence-electron chi connectivity index (χ4n) is 3.55. The summed E-state index contributed by atoms with van der Waals surface area (Å²) >= 11 is 0. The van der Waals surface area contributed by atoms with E-state index in [-0.39, 0.29) is 6.10 Å². The lowest BCUT2D eigenvalue weighted by molar-refractivity contribution is 0.0792. The second-order valence-corrected chi connectivity index (χ2v) is 6.78. The molecule has 124 valence electrons.